The van der Waals surface area contributed by atoms with Gasteiger partial charge >= 0.3 is 5.97 Å². The maximum atomic E-state index is 12.0. The number of nitrogens with zero attached hydrogens (tertiary/aromatic N) is 1. The smallest absolute Gasteiger partial charge is 0.340 e. The minimum absolute atomic E-state index is 0.257. The fourth-order valence-corrected chi connectivity index (χ4v) is 1.84. The van der Waals surface area contributed by atoms with Crippen LogP contribution in [0.15, 0.2) is 24.3 Å². The average molecular weight is 246 g/mol. The zero-order valence-electron chi connectivity index (χ0n) is 10.5. The summed E-state index contributed by atoms with van der Waals surface area (Å²) in [6.45, 7) is 0. The second-order valence-corrected chi connectivity index (χ2v) is 4.11. The first-order valence-corrected chi connectivity index (χ1v) is 5.47. The van der Waals surface area contributed by atoms with Crippen LogP contribution in [0.3, 0.4) is 0 Å². The minimum atomic E-state index is -0.516. The molecule has 1 aromatic heterocycles. The number of H-pyrrole nitrogens is 1. The number of carbonyl (C=O) groups is 2. The van der Waals surface area contributed by atoms with Crippen LogP contribution in [0.1, 0.15) is 20.8 Å². The number of aromatic amines is 1. The van der Waals surface area contributed by atoms with Crippen molar-refractivity contribution >= 4 is 22.8 Å². The van der Waals surface area contributed by atoms with E-state index in [-0.39, 0.29) is 17.2 Å². The molecule has 0 aliphatic heterocycles. The zero-order chi connectivity index (χ0) is 13.3. The summed E-state index contributed by atoms with van der Waals surface area (Å²) in [5, 5.41) is 0.689. The van der Waals surface area contributed by atoms with E-state index in [1.54, 1.807) is 20.2 Å². The van der Waals surface area contributed by atoms with E-state index >= 15 is 0 Å². The molecule has 1 heterocycles. The average Bonchev–Trinajstić information content (AvgIpc) is 2.75. The van der Waals surface area contributed by atoms with Crippen molar-refractivity contribution in [1.29, 1.82) is 0 Å². The van der Waals surface area contributed by atoms with Gasteiger partial charge in [-0.15, -0.1) is 0 Å². The first-order chi connectivity index (χ1) is 8.56. The molecule has 0 atom stereocenters. The molecule has 1 aromatic carbocycles. The molecule has 94 valence electrons. The van der Waals surface area contributed by atoms with Crippen LogP contribution in [0.25, 0.3) is 10.9 Å². The quantitative estimate of drug-likeness (QED) is 0.820. The molecule has 2 rings (SSSR count). The summed E-state index contributed by atoms with van der Waals surface area (Å²) < 4.78 is 4.74. The van der Waals surface area contributed by atoms with Crippen LogP contribution in [0.5, 0.6) is 0 Å². The van der Waals surface area contributed by atoms with Crippen molar-refractivity contribution in [3.05, 3.63) is 35.5 Å². The summed E-state index contributed by atoms with van der Waals surface area (Å²) in [5.41, 5.74) is 1.28. The summed E-state index contributed by atoms with van der Waals surface area (Å²) in [7, 11) is 4.57. The number of esters is 1. The summed E-state index contributed by atoms with van der Waals surface area (Å²) in [6, 6.07) is 7.25. The van der Waals surface area contributed by atoms with E-state index in [9.17, 15) is 9.59 Å². The number of methoxy groups -OCH3 is 1. The molecular weight excluding hydrogens is 232 g/mol. The Morgan fingerprint density at radius 3 is 2.50 bits per heavy atom. The first kappa shape index (κ1) is 12.2. The van der Waals surface area contributed by atoms with E-state index in [2.05, 4.69) is 4.98 Å². The minimum Gasteiger partial charge on any atom is -0.465 e. The van der Waals surface area contributed by atoms with Gasteiger partial charge < -0.3 is 14.6 Å². The molecule has 1 amide bonds. The molecule has 0 saturated heterocycles. The van der Waals surface area contributed by atoms with Gasteiger partial charge in [0.25, 0.3) is 5.91 Å². The van der Waals surface area contributed by atoms with Gasteiger partial charge in [0, 0.05) is 25.0 Å². The molecule has 0 unspecified atom stereocenters. The van der Waals surface area contributed by atoms with Gasteiger partial charge in [0.2, 0.25) is 0 Å². The van der Waals surface area contributed by atoms with Gasteiger partial charge in [0.15, 0.2) is 0 Å². The van der Waals surface area contributed by atoms with Gasteiger partial charge in [0.05, 0.1) is 12.7 Å². The Hall–Kier alpha value is -2.30. The predicted octanol–water partition coefficient (Wildman–Crippen LogP) is 1.66. The van der Waals surface area contributed by atoms with E-state index in [1.807, 2.05) is 18.2 Å². The number of rotatable bonds is 2. The lowest BCUT2D eigenvalue weighted by Gasteiger charge is -2.09. The van der Waals surface area contributed by atoms with E-state index in [1.165, 1.54) is 12.0 Å². The van der Waals surface area contributed by atoms with Crippen LogP contribution in [0.2, 0.25) is 0 Å². The fraction of sp³-hybridized carbons (Fsp3) is 0.231. The molecule has 1 N–H and O–H groups in total. The number of nitrogens with one attached hydrogen (secondary N) is 1. The third kappa shape index (κ3) is 1.84. The number of para-hydroxylation sites is 1. The number of fused-ring (bicyclic) bond motifs is 1. The van der Waals surface area contributed by atoms with Crippen molar-refractivity contribution in [2.24, 2.45) is 0 Å². The van der Waals surface area contributed by atoms with Gasteiger partial charge in [0.1, 0.15) is 5.69 Å². The van der Waals surface area contributed by atoms with Crippen LogP contribution in [-0.2, 0) is 4.74 Å². The Morgan fingerprint density at radius 2 is 1.89 bits per heavy atom. The number of carbonyl (C=O) groups excluding carboxylic acids is 2. The Kier molecular flexibility index (Phi) is 3.06. The van der Waals surface area contributed by atoms with Crippen molar-refractivity contribution in [1.82, 2.24) is 9.88 Å². The highest BCUT2D eigenvalue weighted by Crippen LogP contribution is 2.23. The molecule has 5 nitrogen and oxygen atoms in total. The van der Waals surface area contributed by atoms with Crippen LogP contribution >= 0.6 is 0 Å². The highest BCUT2D eigenvalue weighted by atomic mass is 16.5. The van der Waals surface area contributed by atoms with Gasteiger partial charge in [-0.3, -0.25) is 4.79 Å². The molecule has 18 heavy (non-hydrogen) atoms. The highest BCUT2D eigenvalue weighted by molar-refractivity contribution is 6.13. The van der Waals surface area contributed by atoms with Crippen LogP contribution in [0, 0.1) is 0 Å². The lowest BCUT2D eigenvalue weighted by molar-refractivity contribution is 0.0595. The molecular formula is C13H14N2O3. The topological polar surface area (TPSA) is 62.4 Å². The van der Waals surface area contributed by atoms with Gasteiger partial charge in [-0.1, -0.05) is 18.2 Å². The SMILES string of the molecule is COC(=O)c1c(C(=O)N(C)C)[nH]c2ccccc12. The summed E-state index contributed by atoms with van der Waals surface area (Å²) in [6.07, 6.45) is 0. The van der Waals surface area contributed by atoms with Crippen molar-refractivity contribution < 1.29 is 14.3 Å². The molecule has 0 fully saturated rings. The summed E-state index contributed by atoms with van der Waals surface area (Å²) >= 11 is 0. The zero-order valence-corrected chi connectivity index (χ0v) is 10.5. The highest BCUT2D eigenvalue weighted by Gasteiger charge is 2.24. The largest absolute Gasteiger partial charge is 0.465 e. The maximum Gasteiger partial charge on any atom is 0.340 e. The van der Waals surface area contributed by atoms with E-state index < -0.39 is 5.97 Å². The second kappa shape index (κ2) is 4.52. The molecule has 2 aromatic rings. The monoisotopic (exact) mass is 246 g/mol. The van der Waals surface area contributed by atoms with Crippen molar-refractivity contribution in [3.63, 3.8) is 0 Å². The van der Waals surface area contributed by atoms with Gasteiger partial charge in [-0.05, 0) is 6.07 Å². The Balaban J connectivity index is 2.72. The standard InChI is InChI=1S/C13H14N2O3/c1-15(2)12(16)11-10(13(17)18-3)8-6-4-5-7-9(8)14-11/h4-7,14H,1-3H3. The summed E-state index contributed by atoms with van der Waals surface area (Å²) in [5.74, 6) is -0.774. The molecule has 5 heteroatoms. The van der Waals surface area contributed by atoms with Crippen molar-refractivity contribution in [2.75, 3.05) is 21.2 Å². The van der Waals surface area contributed by atoms with Crippen LogP contribution in [0.4, 0.5) is 0 Å². The number of amides is 1. The molecule has 0 spiro atoms. The lowest BCUT2D eigenvalue weighted by atomic mass is 10.1. The summed E-state index contributed by atoms with van der Waals surface area (Å²) in [4.78, 5) is 28.2. The van der Waals surface area contributed by atoms with Crippen LogP contribution < -0.4 is 0 Å². The number of hydrogen-bond donors (Lipinski definition) is 1. The maximum absolute atomic E-state index is 12.0. The van der Waals surface area contributed by atoms with Crippen molar-refractivity contribution in [2.45, 2.75) is 0 Å². The third-order valence-electron chi connectivity index (χ3n) is 2.72. The molecule has 0 aliphatic carbocycles. The third-order valence-corrected chi connectivity index (χ3v) is 2.72. The second-order valence-electron chi connectivity index (χ2n) is 4.11. The first-order valence-electron chi connectivity index (χ1n) is 5.47. The van der Waals surface area contributed by atoms with E-state index in [4.69, 9.17) is 4.74 Å². The molecule has 0 saturated carbocycles. The Bertz CT molecular complexity index is 614. The molecule has 0 bridgehead atoms. The lowest BCUT2D eigenvalue weighted by Crippen LogP contribution is -2.24. The number of hydrogen-bond acceptors (Lipinski definition) is 3. The Labute approximate surface area is 104 Å². The van der Waals surface area contributed by atoms with Gasteiger partial charge in [-0.2, -0.15) is 0 Å². The van der Waals surface area contributed by atoms with E-state index in [0.29, 0.717) is 5.39 Å². The number of ether oxygens (including phenoxy) is 1. The molecule has 0 radical (unpaired) electrons. The number of aromatic nitrogens is 1. The van der Waals surface area contributed by atoms with E-state index in [0.717, 1.165) is 5.52 Å². The van der Waals surface area contributed by atoms with Crippen LogP contribution in [-0.4, -0.2) is 43.0 Å². The van der Waals surface area contributed by atoms with Gasteiger partial charge in [-0.25, -0.2) is 4.79 Å². The number of benzene rings is 1. The normalized spacial score (nSPS) is 10.4. The Morgan fingerprint density at radius 1 is 1.22 bits per heavy atom. The molecule has 0 aliphatic rings. The van der Waals surface area contributed by atoms with Crippen molar-refractivity contribution in [3.8, 4) is 0 Å². The fourth-order valence-electron chi connectivity index (χ4n) is 1.84. The predicted molar refractivity (Wildman–Crippen MR) is 67.7 cm³/mol.